The van der Waals surface area contributed by atoms with Crippen LogP contribution in [-0.4, -0.2) is 70.8 Å². The number of aromatic nitrogens is 3. The zero-order chi connectivity index (χ0) is 29.8. The normalized spacial score (nSPS) is 19.0. The van der Waals surface area contributed by atoms with Crippen molar-refractivity contribution in [2.75, 3.05) is 24.5 Å². The first-order valence-corrected chi connectivity index (χ1v) is 13.7. The third kappa shape index (κ3) is 5.15. The quantitative estimate of drug-likeness (QED) is 0.363. The van der Waals surface area contributed by atoms with E-state index >= 15 is 0 Å². The van der Waals surface area contributed by atoms with Crippen molar-refractivity contribution in [1.82, 2.24) is 19.5 Å². The van der Waals surface area contributed by atoms with Gasteiger partial charge >= 0.3 is 12.4 Å². The van der Waals surface area contributed by atoms with Gasteiger partial charge in [-0.1, -0.05) is 0 Å². The van der Waals surface area contributed by atoms with Gasteiger partial charge in [-0.3, -0.25) is 4.79 Å². The van der Waals surface area contributed by atoms with Gasteiger partial charge in [0.15, 0.2) is 5.82 Å². The lowest BCUT2D eigenvalue weighted by Crippen LogP contribution is -2.54. The lowest BCUT2D eigenvalue weighted by molar-refractivity contribution is -0.254. The molecule has 1 amide bonds. The van der Waals surface area contributed by atoms with Crippen molar-refractivity contribution in [1.29, 1.82) is 0 Å². The number of hydrogen-bond acceptors (Lipinski definition) is 8. The fourth-order valence-electron chi connectivity index (χ4n) is 4.35. The highest BCUT2D eigenvalue weighted by atomic mass is 32.2. The number of hydrogen-bond donors (Lipinski definition) is 3. The molecule has 1 unspecified atom stereocenters. The monoisotopic (exact) mass is 612 g/mol. The van der Waals surface area contributed by atoms with Crippen LogP contribution in [0.25, 0.3) is 11.4 Å². The van der Waals surface area contributed by atoms with Crippen molar-refractivity contribution in [3.05, 3.63) is 46.6 Å². The summed E-state index contributed by atoms with van der Waals surface area (Å²) in [7, 11) is -4.45. The van der Waals surface area contributed by atoms with Gasteiger partial charge in [0.25, 0.3) is 21.5 Å². The van der Waals surface area contributed by atoms with Gasteiger partial charge in [-0.15, -0.1) is 21.5 Å². The van der Waals surface area contributed by atoms with Gasteiger partial charge in [-0.05, 0) is 44.2 Å². The summed E-state index contributed by atoms with van der Waals surface area (Å²) < 4.78 is 109. The number of benzene rings is 1. The standard InChI is InChI=1S/C22H22F6N6O4S2/c1-11-10-33(15-4-3-13(9-14(15)21(23,24)25)18-30-12(2)31-32-18)7-8-34(11)40(37,38)17-6-5-16(39-17)20(36,19(29)35)22(26,27)28/h3-6,9,11,36H,7-8,10H2,1-2H3,(H2,29,35)(H,30,31,32)/t11-,20?/m1/s1. The highest BCUT2D eigenvalue weighted by Gasteiger charge is 2.61. The van der Waals surface area contributed by atoms with Crippen molar-refractivity contribution in [3.8, 4) is 11.4 Å². The molecule has 1 fully saturated rings. The first-order valence-electron chi connectivity index (χ1n) is 11.4. The minimum atomic E-state index is -5.51. The molecule has 40 heavy (non-hydrogen) atoms. The number of primary amides is 1. The van der Waals surface area contributed by atoms with E-state index in [0.717, 1.165) is 16.4 Å². The Balaban J connectivity index is 1.61. The molecule has 0 aliphatic carbocycles. The van der Waals surface area contributed by atoms with Crippen LogP contribution in [0.5, 0.6) is 0 Å². The largest absolute Gasteiger partial charge is 0.431 e. The predicted octanol–water partition coefficient (Wildman–Crippen LogP) is 3.00. The number of rotatable bonds is 6. The number of nitrogens with two attached hydrogens (primary N) is 1. The number of alkyl halides is 6. The number of piperazine rings is 1. The number of thiophene rings is 1. The molecule has 0 saturated carbocycles. The minimum absolute atomic E-state index is 0.0250. The van der Waals surface area contributed by atoms with Crippen molar-refractivity contribution in [3.63, 3.8) is 0 Å². The molecule has 4 rings (SSSR count). The number of amides is 1. The number of H-pyrrole nitrogens is 1. The molecule has 2 atom stereocenters. The number of nitrogens with zero attached hydrogens (tertiary/aromatic N) is 4. The first-order chi connectivity index (χ1) is 18.4. The summed E-state index contributed by atoms with van der Waals surface area (Å²) in [5, 5.41) is 17.5. The summed E-state index contributed by atoms with van der Waals surface area (Å²) >= 11 is 0.0250. The number of aliphatic hydroxyl groups is 1. The summed E-state index contributed by atoms with van der Waals surface area (Å²) in [5.41, 5.74) is -0.334. The van der Waals surface area contributed by atoms with Gasteiger partial charge in [0.1, 0.15) is 10.0 Å². The second kappa shape index (κ2) is 10.0. The van der Waals surface area contributed by atoms with Gasteiger partial charge < -0.3 is 20.7 Å². The summed E-state index contributed by atoms with van der Waals surface area (Å²) in [6.45, 7) is 2.40. The number of nitrogens with one attached hydrogen (secondary N) is 1. The smallest absolute Gasteiger partial charge is 0.368 e. The Morgan fingerprint density at radius 3 is 2.33 bits per heavy atom. The average molecular weight is 613 g/mol. The number of carbonyl (C=O) groups excluding carboxylic acids is 1. The Morgan fingerprint density at radius 1 is 1.12 bits per heavy atom. The molecule has 3 heterocycles. The van der Waals surface area contributed by atoms with E-state index in [9.17, 15) is 44.7 Å². The van der Waals surface area contributed by atoms with Gasteiger partial charge in [0, 0.05) is 36.9 Å². The molecule has 0 spiro atoms. The third-order valence-corrected chi connectivity index (χ3v) is 10.0. The second-order valence-corrected chi connectivity index (χ2v) is 12.3. The Kier molecular flexibility index (Phi) is 7.44. The summed E-state index contributed by atoms with van der Waals surface area (Å²) in [6, 6.07) is 4.13. The SMILES string of the molecule is Cc1nnc(-c2ccc(N3CCN(S(=O)(=O)c4ccc(C(O)(C(N)=O)C(F)(F)F)s4)[C@H](C)C3)c(C(F)(F)F)c2)[nH]1. The van der Waals surface area contributed by atoms with Crippen molar-refractivity contribution in [2.24, 2.45) is 5.73 Å². The number of carbonyl (C=O) groups is 1. The van der Waals surface area contributed by atoms with Crippen LogP contribution in [-0.2, 0) is 26.6 Å². The van der Waals surface area contributed by atoms with E-state index in [1.165, 1.54) is 24.0 Å². The van der Waals surface area contributed by atoms with Crippen molar-refractivity contribution in [2.45, 2.75) is 42.1 Å². The van der Waals surface area contributed by atoms with E-state index < -0.39 is 54.6 Å². The number of sulfonamides is 1. The summed E-state index contributed by atoms with van der Waals surface area (Å²) in [5.74, 6) is -1.57. The molecule has 0 radical (unpaired) electrons. The highest BCUT2D eigenvalue weighted by molar-refractivity contribution is 7.91. The lowest BCUT2D eigenvalue weighted by Gasteiger charge is -2.40. The number of anilines is 1. The molecule has 1 saturated heterocycles. The maximum atomic E-state index is 14.0. The number of aryl methyl sites for hydroxylation is 1. The van der Waals surface area contributed by atoms with E-state index in [1.807, 2.05) is 0 Å². The van der Waals surface area contributed by atoms with Crippen LogP contribution in [0.15, 0.2) is 34.5 Å². The maximum absolute atomic E-state index is 14.0. The molecule has 218 valence electrons. The van der Waals surface area contributed by atoms with Crippen LogP contribution in [0.1, 0.15) is 23.2 Å². The van der Waals surface area contributed by atoms with Crippen LogP contribution in [0.3, 0.4) is 0 Å². The molecule has 4 N–H and O–H groups in total. The minimum Gasteiger partial charge on any atom is -0.368 e. The van der Waals surface area contributed by atoms with Crippen molar-refractivity contribution < 1.29 is 44.7 Å². The Hall–Kier alpha value is -3.22. The molecule has 10 nitrogen and oxygen atoms in total. The van der Waals surface area contributed by atoms with Crippen LogP contribution in [0.2, 0.25) is 0 Å². The zero-order valence-electron chi connectivity index (χ0n) is 20.7. The maximum Gasteiger partial charge on any atom is 0.431 e. The molecular formula is C22H22F6N6O4S2. The van der Waals surface area contributed by atoms with Gasteiger partial charge in [-0.25, -0.2) is 8.42 Å². The molecule has 1 aliphatic rings. The first kappa shape index (κ1) is 29.8. The lowest BCUT2D eigenvalue weighted by atomic mass is 10.0. The molecule has 1 aliphatic heterocycles. The van der Waals surface area contributed by atoms with E-state index in [2.05, 4.69) is 15.2 Å². The van der Waals surface area contributed by atoms with E-state index in [0.29, 0.717) is 11.9 Å². The summed E-state index contributed by atoms with van der Waals surface area (Å²) in [6.07, 6.45) is -10.3. The van der Waals surface area contributed by atoms with Crippen LogP contribution < -0.4 is 10.6 Å². The molecule has 18 heteroatoms. The predicted molar refractivity (Wildman–Crippen MR) is 131 cm³/mol. The molecule has 0 bridgehead atoms. The van der Waals surface area contributed by atoms with Crippen LogP contribution in [0.4, 0.5) is 32.0 Å². The number of halogens is 6. The Labute approximate surface area is 227 Å². The van der Waals surface area contributed by atoms with Crippen LogP contribution in [0, 0.1) is 6.92 Å². The van der Waals surface area contributed by atoms with Crippen LogP contribution >= 0.6 is 11.3 Å². The van der Waals surface area contributed by atoms with E-state index in [-0.39, 0.29) is 48.0 Å². The zero-order valence-corrected chi connectivity index (χ0v) is 22.3. The van der Waals surface area contributed by atoms with Gasteiger partial charge in [-0.2, -0.15) is 30.6 Å². The van der Waals surface area contributed by atoms with E-state index in [4.69, 9.17) is 5.73 Å². The third-order valence-electron chi connectivity index (χ3n) is 6.35. The molecular weight excluding hydrogens is 590 g/mol. The van der Waals surface area contributed by atoms with Gasteiger partial charge in [0.05, 0.1) is 10.4 Å². The Morgan fingerprint density at radius 2 is 1.80 bits per heavy atom. The fourth-order valence-corrected chi connectivity index (χ4v) is 7.51. The average Bonchev–Trinajstić information content (AvgIpc) is 3.52. The van der Waals surface area contributed by atoms with Crippen molar-refractivity contribution >= 4 is 33.0 Å². The summed E-state index contributed by atoms with van der Waals surface area (Å²) in [4.78, 5) is 14.6. The van der Waals surface area contributed by atoms with E-state index in [1.54, 1.807) is 6.92 Å². The molecule has 3 aromatic rings. The van der Waals surface area contributed by atoms with Gasteiger partial charge in [0.2, 0.25) is 0 Å². The fraction of sp³-hybridized carbons (Fsp3) is 0.409. The molecule has 2 aromatic heterocycles. The highest BCUT2D eigenvalue weighted by Crippen LogP contribution is 2.44. The molecule has 1 aromatic carbocycles. The second-order valence-electron chi connectivity index (χ2n) is 9.09. The topological polar surface area (TPSA) is 146 Å². The number of aromatic amines is 1. The Bertz CT molecular complexity index is 1540.